The minimum Gasteiger partial charge on any atom is -0.291 e. The lowest BCUT2D eigenvalue weighted by Gasteiger charge is -2.13. The second-order valence-electron chi connectivity index (χ2n) is 5.62. The van der Waals surface area contributed by atoms with Crippen LogP contribution in [0.25, 0.3) is 21.8 Å². The molecule has 0 amide bonds. The predicted octanol–water partition coefficient (Wildman–Crippen LogP) is 4.68. The number of hydrogen-bond acceptors (Lipinski definition) is 3. The molecule has 0 unspecified atom stereocenters. The Balaban J connectivity index is 1.75. The molecule has 0 aliphatic carbocycles. The van der Waals surface area contributed by atoms with E-state index in [1.54, 1.807) is 23.5 Å². The van der Waals surface area contributed by atoms with Crippen LogP contribution in [-0.2, 0) is 6.54 Å². The maximum absolute atomic E-state index is 13.0. The monoisotopic (exact) mass is 336 g/mol. The standard InChI is InChI=1S/C20H17FN2S/c1-3-12-23(2)13-15-4-6-16(7-5-15)19-14-24-20(22-19)17-8-10-18(21)11-9-17/h1,4-11,14H,12-13H2,2H3. The fourth-order valence-electron chi connectivity index (χ4n) is 2.44. The first-order valence-electron chi connectivity index (χ1n) is 7.58. The quantitative estimate of drug-likeness (QED) is 0.629. The highest BCUT2D eigenvalue weighted by Crippen LogP contribution is 2.29. The minimum absolute atomic E-state index is 0.235. The van der Waals surface area contributed by atoms with Gasteiger partial charge in [0.2, 0.25) is 0 Å². The third-order valence-corrected chi connectivity index (χ3v) is 4.55. The molecule has 0 saturated heterocycles. The van der Waals surface area contributed by atoms with E-state index in [0.717, 1.165) is 28.4 Å². The highest BCUT2D eigenvalue weighted by atomic mass is 32.1. The molecule has 0 radical (unpaired) electrons. The van der Waals surface area contributed by atoms with Gasteiger partial charge < -0.3 is 0 Å². The summed E-state index contributed by atoms with van der Waals surface area (Å²) in [6.07, 6.45) is 5.32. The van der Waals surface area contributed by atoms with E-state index in [4.69, 9.17) is 6.42 Å². The van der Waals surface area contributed by atoms with E-state index in [9.17, 15) is 4.39 Å². The van der Waals surface area contributed by atoms with Crippen molar-refractivity contribution >= 4 is 11.3 Å². The normalized spacial score (nSPS) is 10.8. The van der Waals surface area contributed by atoms with Crippen LogP contribution in [-0.4, -0.2) is 23.5 Å². The van der Waals surface area contributed by atoms with E-state index in [-0.39, 0.29) is 5.82 Å². The summed E-state index contributed by atoms with van der Waals surface area (Å²) < 4.78 is 13.0. The lowest BCUT2D eigenvalue weighted by molar-refractivity contribution is 0.369. The van der Waals surface area contributed by atoms with Crippen molar-refractivity contribution in [3.63, 3.8) is 0 Å². The Morgan fingerprint density at radius 1 is 1.08 bits per heavy atom. The molecule has 3 rings (SSSR count). The van der Waals surface area contributed by atoms with Crippen LogP contribution in [0.5, 0.6) is 0 Å². The average Bonchev–Trinajstić information content (AvgIpc) is 3.06. The topological polar surface area (TPSA) is 16.1 Å². The summed E-state index contributed by atoms with van der Waals surface area (Å²) in [4.78, 5) is 6.75. The summed E-state index contributed by atoms with van der Waals surface area (Å²) in [5, 5.41) is 2.92. The van der Waals surface area contributed by atoms with Crippen molar-refractivity contribution in [3.8, 4) is 34.2 Å². The molecule has 2 aromatic carbocycles. The molecule has 4 heteroatoms. The van der Waals surface area contributed by atoms with E-state index in [0.29, 0.717) is 6.54 Å². The van der Waals surface area contributed by atoms with Gasteiger partial charge in [-0.15, -0.1) is 17.8 Å². The van der Waals surface area contributed by atoms with Gasteiger partial charge in [-0.05, 0) is 36.9 Å². The van der Waals surface area contributed by atoms with Gasteiger partial charge in [-0.3, -0.25) is 4.90 Å². The fraction of sp³-hybridized carbons (Fsp3) is 0.150. The second-order valence-corrected chi connectivity index (χ2v) is 6.48. The third kappa shape index (κ3) is 3.88. The summed E-state index contributed by atoms with van der Waals surface area (Å²) in [5.41, 5.74) is 4.15. The average molecular weight is 336 g/mol. The van der Waals surface area contributed by atoms with E-state index in [2.05, 4.69) is 40.1 Å². The molecule has 1 aromatic heterocycles. The van der Waals surface area contributed by atoms with Crippen LogP contribution in [0, 0.1) is 18.2 Å². The Hall–Kier alpha value is -2.48. The van der Waals surface area contributed by atoms with Gasteiger partial charge in [0.25, 0.3) is 0 Å². The van der Waals surface area contributed by atoms with Crippen LogP contribution in [0.1, 0.15) is 5.56 Å². The summed E-state index contributed by atoms with van der Waals surface area (Å²) in [6, 6.07) is 14.8. The van der Waals surface area contributed by atoms with Crippen molar-refractivity contribution in [2.24, 2.45) is 0 Å². The molecule has 0 aliphatic heterocycles. The molecule has 2 nitrogen and oxygen atoms in total. The van der Waals surface area contributed by atoms with E-state index >= 15 is 0 Å². The Labute approximate surface area is 145 Å². The molecule has 3 aromatic rings. The number of terminal acetylenes is 1. The number of thiazole rings is 1. The van der Waals surface area contributed by atoms with Crippen LogP contribution in [0.4, 0.5) is 4.39 Å². The maximum Gasteiger partial charge on any atom is 0.124 e. The number of rotatable bonds is 5. The molecule has 0 saturated carbocycles. The van der Waals surface area contributed by atoms with Crippen LogP contribution in [0.3, 0.4) is 0 Å². The largest absolute Gasteiger partial charge is 0.291 e. The summed E-state index contributed by atoms with van der Waals surface area (Å²) in [6.45, 7) is 1.46. The Bertz CT molecular complexity index is 845. The molecule has 0 spiro atoms. The molecule has 1 heterocycles. The Morgan fingerprint density at radius 2 is 1.75 bits per heavy atom. The summed E-state index contributed by atoms with van der Waals surface area (Å²) >= 11 is 1.56. The molecule has 24 heavy (non-hydrogen) atoms. The van der Waals surface area contributed by atoms with Crippen molar-refractivity contribution in [2.75, 3.05) is 13.6 Å². The van der Waals surface area contributed by atoms with Gasteiger partial charge in [-0.2, -0.15) is 0 Å². The summed E-state index contributed by atoms with van der Waals surface area (Å²) in [5.74, 6) is 2.41. The lowest BCUT2D eigenvalue weighted by atomic mass is 10.1. The lowest BCUT2D eigenvalue weighted by Crippen LogP contribution is -2.17. The maximum atomic E-state index is 13.0. The summed E-state index contributed by atoms with van der Waals surface area (Å²) in [7, 11) is 2.00. The van der Waals surface area contributed by atoms with Crippen molar-refractivity contribution in [2.45, 2.75) is 6.54 Å². The zero-order valence-electron chi connectivity index (χ0n) is 13.4. The van der Waals surface area contributed by atoms with Gasteiger partial charge in [-0.25, -0.2) is 9.37 Å². The van der Waals surface area contributed by atoms with Crippen molar-refractivity contribution in [3.05, 3.63) is 65.3 Å². The van der Waals surface area contributed by atoms with Gasteiger partial charge in [0, 0.05) is 23.1 Å². The van der Waals surface area contributed by atoms with Crippen LogP contribution < -0.4 is 0 Å². The first-order chi connectivity index (χ1) is 11.7. The van der Waals surface area contributed by atoms with Crippen LogP contribution >= 0.6 is 11.3 Å². The number of aromatic nitrogens is 1. The molecule has 0 fully saturated rings. The molecule has 0 bridgehead atoms. The highest BCUT2D eigenvalue weighted by Gasteiger charge is 2.07. The van der Waals surface area contributed by atoms with Crippen molar-refractivity contribution in [1.29, 1.82) is 0 Å². The first kappa shape index (κ1) is 16.4. The van der Waals surface area contributed by atoms with E-state index in [1.807, 2.05) is 12.4 Å². The Kier molecular flexibility index (Phi) is 5.05. The second kappa shape index (κ2) is 7.39. The zero-order chi connectivity index (χ0) is 16.9. The minimum atomic E-state index is -0.235. The molecule has 0 aliphatic rings. The predicted molar refractivity (Wildman–Crippen MR) is 98.1 cm³/mol. The number of nitrogens with zero attached hydrogens (tertiary/aromatic N) is 2. The van der Waals surface area contributed by atoms with Gasteiger partial charge in [0.15, 0.2) is 0 Å². The number of benzene rings is 2. The molecule has 120 valence electrons. The van der Waals surface area contributed by atoms with Gasteiger partial charge in [0.1, 0.15) is 10.8 Å². The van der Waals surface area contributed by atoms with Crippen LogP contribution in [0.2, 0.25) is 0 Å². The van der Waals surface area contributed by atoms with Crippen molar-refractivity contribution < 1.29 is 4.39 Å². The van der Waals surface area contributed by atoms with E-state index < -0.39 is 0 Å². The van der Waals surface area contributed by atoms with Crippen LogP contribution in [0.15, 0.2) is 53.9 Å². The Morgan fingerprint density at radius 3 is 2.42 bits per heavy atom. The number of hydrogen-bond donors (Lipinski definition) is 0. The fourth-order valence-corrected chi connectivity index (χ4v) is 3.27. The number of halogens is 1. The molecular formula is C20H17FN2S. The van der Waals surface area contributed by atoms with Gasteiger partial charge in [0.05, 0.1) is 12.2 Å². The third-order valence-electron chi connectivity index (χ3n) is 3.66. The molecular weight excluding hydrogens is 319 g/mol. The van der Waals surface area contributed by atoms with Crippen molar-refractivity contribution in [1.82, 2.24) is 9.88 Å². The first-order valence-corrected chi connectivity index (χ1v) is 8.46. The molecule has 0 N–H and O–H groups in total. The molecule has 0 atom stereocenters. The zero-order valence-corrected chi connectivity index (χ0v) is 14.2. The SMILES string of the molecule is C#CCN(C)Cc1ccc(-c2csc(-c3ccc(F)cc3)n2)cc1. The van der Waals surface area contributed by atoms with E-state index in [1.165, 1.54) is 17.7 Å². The van der Waals surface area contributed by atoms with Gasteiger partial charge >= 0.3 is 0 Å². The van der Waals surface area contributed by atoms with Gasteiger partial charge in [-0.1, -0.05) is 30.2 Å². The highest BCUT2D eigenvalue weighted by molar-refractivity contribution is 7.13. The smallest absolute Gasteiger partial charge is 0.124 e.